The third-order valence-electron chi connectivity index (χ3n) is 3.63. The Labute approximate surface area is 117 Å². The van der Waals surface area contributed by atoms with Crippen molar-refractivity contribution in [2.75, 3.05) is 39.4 Å². The van der Waals surface area contributed by atoms with Crippen LogP contribution in [0.25, 0.3) is 0 Å². The Kier molecular flexibility index (Phi) is 4.12. The van der Waals surface area contributed by atoms with E-state index < -0.39 is 0 Å². The molecule has 0 aliphatic carbocycles. The molecule has 104 valence electrons. The van der Waals surface area contributed by atoms with Gasteiger partial charge in [0.25, 0.3) is 0 Å². The molecule has 0 spiro atoms. The van der Waals surface area contributed by atoms with Gasteiger partial charge in [-0.2, -0.15) is 0 Å². The summed E-state index contributed by atoms with van der Waals surface area (Å²) in [7, 11) is 0. The molecule has 3 rings (SSSR count). The highest BCUT2D eigenvalue weighted by molar-refractivity contribution is 7.10. The fourth-order valence-corrected chi connectivity index (χ4v) is 3.36. The lowest BCUT2D eigenvalue weighted by atomic mass is 10.1. The highest BCUT2D eigenvalue weighted by Crippen LogP contribution is 2.23. The van der Waals surface area contributed by atoms with Crippen LogP contribution in [0, 0.1) is 0 Å². The van der Waals surface area contributed by atoms with Gasteiger partial charge in [0.15, 0.2) is 0 Å². The van der Waals surface area contributed by atoms with Gasteiger partial charge in [-0.1, -0.05) is 0 Å². The summed E-state index contributed by atoms with van der Waals surface area (Å²) in [6.45, 7) is 5.18. The molecule has 3 heterocycles. The molecular weight excluding hydrogens is 262 g/mol. The van der Waals surface area contributed by atoms with Crippen molar-refractivity contribution in [1.82, 2.24) is 15.3 Å². The molecule has 5 nitrogen and oxygen atoms in total. The molecule has 0 saturated carbocycles. The second-order valence-electron chi connectivity index (χ2n) is 4.87. The summed E-state index contributed by atoms with van der Waals surface area (Å²) in [6, 6.07) is 2.13. The molecule has 0 unspecified atom stereocenters. The molecule has 0 aromatic carbocycles. The van der Waals surface area contributed by atoms with Gasteiger partial charge in [-0.05, 0) is 23.4 Å². The Hall–Kier alpha value is -0.950. The van der Waals surface area contributed by atoms with Crippen LogP contribution in [0.5, 0.6) is 0 Å². The predicted octanol–water partition coefficient (Wildman–Crippen LogP) is 0.470. The first-order chi connectivity index (χ1) is 9.33. The minimum absolute atomic E-state index is 0.184. The number of hydrazine groups is 1. The molecule has 6 heteroatoms. The molecule has 19 heavy (non-hydrogen) atoms. The van der Waals surface area contributed by atoms with Crippen molar-refractivity contribution in [3.05, 3.63) is 21.9 Å². The third kappa shape index (κ3) is 3.14. The highest BCUT2D eigenvalue weighted by Gasteiger charge is 2.21. The lowest BCUT2D eigenvalue weighted by Crippen LogP contribution is -2.50. The van der Waals surface area contributed by atoms with Crippen molar-refractivity contribution in [3.8, 4) is 0 Å². The lowest BCUT2D eigenvalue weighted by molar-refractivity contribution is -0.132. The van der Waals surface area contributed by atoms with Gasteiger partial charge >= 0.3 is 0 Å². The fourth-order valence-electron chi connectivity index (χ4n) is 2.47. The van der Waals surface area contributed by atoms with Crippen LogP contribution in [0.4, 0.5) is 0 Å². The Morgan fingerprint density at radius 1 is 1.37 bits per heavy atom. The Morgan fingerprint density at radius 2 is 2.21 bits per heavy atom. The molecule has 0 radical (unpaired) electrons. The van der Waals surface area contributed by atoms with E-state index >= 15 is 0 Å². The van der Waals surface area contributed by atoms with E-state index in [0.717, 1.165) is 45.8 Å². The predicted molar refractivity (Wildman–Crippen MR) is 73.8 cm³/mol. The zero-order chi connectivity index (χ0) is 13.1. The van der Waals surface area contributed by atoms with Crippen LogP contribution in [0.15, 0.2) is 11.4 Å². The molecule has 1 N–H and O–H groups in total. The number of rotatable bonds is 3. The first-order valence-electron chi connectivity index (χ1n) is 6.72. The topological polar surface area (TPSA) is 44.8 Å². The molecule has 2 aliphatic heterocycles. The number of nitrogens with one attached hydrogen (secondary N) is 1. The van der Waals surface area contributed by atoms with Crippen molar-refractivity contribution in [3.63, 3.8) is 0 Å². The Balaban J connectivity index is 1.48. The number of carbonyl (C=O) groups is 1. The summed E-state index contributed by atoms with van der Waals surface area (Å²) < 4.78 is 5.28. The van der Waals surface area contributed by atoms with Gasteiger partial charge in [0.2, 0.25) is 5.91 Å². The van der Waals surface area contributed by atoms with Crippen molar-refractivity contribution >= 4 is 17.2 Å². The van der Waals surface area contributed by atoms with Gasteiger partial charge in [-0.3, -0.25) is 4.79 Å². The van der Waals surface area contributed by atoms with Crippen LogP contribution in [-0.2, 0) is 22.5 Å². The number of carbonyl (C=O) groups excluding carboxylic acids is 1. The first kappa shape index (κ1) is 13.1. The largest absolute Gasteiger partial charge is 0.379 e. The van der Waals surface area contributed by atoms with Gasteiger partial charge < -0.3 is 9.64 Å². The summed E-state index contributed by atoms with van der Waals surface area (Å²) in [5.74, 6) is 0.184. The van der Waals surface area contributed by atoms with Crippen molar-refractivity contribution in [2.24, 2.45) is 0 Å². The van der Waals surface area contributed by atoms with Crippen molar-refractivity contribution in [2.45, 2.75) is 13.0 Å². The van der Waals surface area contributed by atoms with E-state index in [-0.39, 0.29) is 5.91 Å². The van der Waals surface area contributed by atoms with E-state index in [4.69, 9.17) is 4.74 Å². The van der Waals surface area contributed by atoms with Gasteiger partial charge in [0, 0.05) is 31.1 Å². The smallest absolute Gasteiger partial charge is 0.238 e. The van der Waals surface area contributed by atoms with Crippen LogP contribution in [0.3, 0.4) is 0 Å². The second kappa shape index (κ2) is 6.00. The standard InChI is InChI=1S/C13H19N3O2S/c17-13(9-14-16-4-6-18-7-5-16)15-3-1-12-11(10-15)2-8-19-12/h2,8,14H,1,3-7,9-10H2. The van der Waals surface area contributed by atoms with Crippen LogP contribution in [0.1, 0.15) is 10.4 Å². The molecule has 1 amide bonds. The maximum atomic E-state index is 12.2. The summed E-state index contributed by atoms with van der Waals surface area (Å²) >= 11 is 1.80. The quantitative estimate of drug-likeness (QED) is 0.875. The van der Waals surface area contributed by atoms with E-state index in [9.17, 15) is 4.79 Å². The van der Waals surface area contributed by atoms with Gasteiger partial charge in [-0.15, -0.1) is 11.3 Å². The van der Waals surface area contributed by atoms with Gasteiger partial charge in [0.05, 0.1) is 19.8 Å². The number of morpholine rings is 1. The molecule has 0 bridgehead atoms. The minimum atomic E-state index is 0.184. The first-order valence-corrected chi connectivity index (χ1v) is 7.60. The van der Waals surface area contributed by atoms with Gasteiger partial charge in [0.1, 0.15) is 0 Å². The summed E-state index contributed by atoms with van der Waals surface area (Å²) in [5.41, 5.74) is 4.52. The van der Waals surface area contributed by atoms with E-state index in [0.29, 0.717) is 6.54 Å². The minimum Gasteiger partial charge on any atom is -0.379 e. The summed E-state index contributed by atoms with van der Waals surface area (Å²) in [5, 5.41) is 4.19. The Bertz CT molecular complexity index is 443. The zero-order valence-electron chi connectivity index (χ0n) is 10.9. The molecule has 1 aromatic rings. The summed E-state index contributed by atoms with van der Waals surface area (Å²) in [4.78, 5) is 15.6. The van der Waals surface area contributed by atoms with Crippen LogP contribution < -0.4 is 5.43 Å². The molecule has 2 aliphatic rings. The lowest BCUT2D eigenvalue weighted by Gasteiger charge is -2.30. The summed E-state index contributed by atoms with van der Waals surface area (Å²) in [6.07, 6.45) is 0.996. The van der Waals surface area contributed by atoms with Gasteiger partial charge in [-0.25, -0.2) is 10.4 Å². The van der Waals surface area contributed by atoms with E-state index in [1.165, 1.54) is 10.4 Å². The van der Waals surface area contributed by atoms with Crippen LogP contribution in [0.2, 0.25) is 0 Å². The van der Waals surface area contributed by atoms with E-state index in [1.54, 1.807) is 11.3 Å². The number of thiophene rings is 1. The van der Waals surface area contributed by atoms with Crippen LogP contribution >= 0.6 is 11.3 Å². The number of hydrogen-bond acceptors (Lipinski definition) is 5. The molecule has 0 atom stereocenters. The number of ether oxygens (including phenoxy) is 1. The number of fused-ring (bicyclic) bond motifs is 1. The third-order valence-corrected chi connectivity index (χ3v) is 4.65. The SMILES string of the molecule is O=C(CNN1CCOCC1)N1CCc2sccc2C1. The highest BCUT2D eigenvalue weighted by atomic mass is 32.1. The average molecular weight is 281 g/mol. The number of nitrogens with zero attached hydrogens (tertiary/aromatic N) is 2. The number of amides is 1. The van der Waals surface area contributed by atoms with E-state index in [2.05, 4.69) is 21.9 Å². The zero-order valence-corrected chi connectivity index (χ0v) is 11.7. The average Bonchev–Trinajstić information content (AvgIpc) is 2.93. The molecule has 1 aromatic heterocycles. The maximum Gasteiger partial charge on any atom is 0.238 e. The molecular formula is C13H19N3O2S. The van der Waals surface area contributed by atoms with E-state index in [1.807, 2.05) is 4.90 Å². The normalized spacial score (nSPS) is 20.3. The van der Waals surface area contributed by atoms with Crippen molar-refractivity contribution < 1.29 is 9.53 Å². The number of hydrogen-bond donors (Lipinski definition) is 1. The van der Waals surface area contributed by atoms with Crippen molar-refractivity contribution in [1.29, 1.82) is 0 Å². The second-order valence-corrected chi connectivity index (χ2v) is 5.87. The fraction of sp³-hybridized carbons (Fsp3) is 0.615. The molecule has 1 fully saturated rings. The Morgan fingerprint density at radius 3 is 3.05 bits per heavy atom. The maximum absolute atomic E-state index is 12.2. The van der Waals surface area contributed by atoms with Crippen LogP contribution in [-0.4, -0.2) is 55.2 Å². The monoisotopic (exact) mass is 281 g/mol. The molecule has 1 saturated heterocycles.